The van der Waals surface area contributed by atoms with Crippen LogP contribution in [0.4, 0.5) is 0 Å². The maximum Gasteiger partial charge on any atom is 0.190 e. The van der Waals surface area contributed by atoms with Crippen molar-refractivity contribution in [3.05, 3.63) is 59.3 Å². The van der Waals surface area contributed by atoms with Crippen molar-refractivity contribution in [2.24, 2.45) is 29.6 Å². The van der Waals surface area contributed by atoms with Gasteiger partial charge in [-0.3, -0.25) is 0 Å². The molecule has 11 heteroatoms. The minimum absolute atomic E-state index is 0.00657. The Morgan fingerprint density at radius 3 is 2.57 bits per heavy atom. The Bertz CT molecular complexity index is 1410. The summed E-state index contributed by atoms with van der Waals surface area (Å²) < 4.78 is 51.9. The van der Waals surface area contributed by atoms with E-state index in [0.717, 1.165) is 23.1 Å². The summed E-state index contributed by atoms with van der Waals surface area (Å²) in [5.41, 5.74) is 3.12. The first-order valence-electron chi connectivity index (χ1n) is 20.3. The van der Waals surface area contributed by atoms with Crippen molar-refractivity contribution in [2.45, 2.75) is 148 Å². The Morgan fingerprint density at radius 2 is 1.83 bits per heavy atom. The molecule has 0 radical (unpaired) electrons. The van der Waals surface area contributed by atoms with E-state index in [1.807, 2.05) is 13.8 Å². The predicted octanol–water partition coefficient (Wildman–Crippen LogP) is 6.50. The number of aliphatic hydroxyl groups excluding tert-OH is 1. The van der Waals surface area contributed by atoms with Gasteiger partial charge in [-0.25, -0.2) is 0 Å². The molecule has 6 aliphatic rings. The van der Waals surface area contributed by atoms with E-state index >= 15 is 0 Å². The molecule has 304 valence electrons. The van der Waals surface area contributed by atoms with Crippen molar-refractivity contribution in [3.63, 3.8) is 0 Å². The highest BCUT2D eigenvalue weighted by Gasteiger charge is 2.48. The molecule has 5 aliphatic heterocycles. The summed E-state index contributed by atoms with van der Waals surface area (Å²) >= 11 is 0. The third-order valence-electron chi connectivity index (χ3n) is 12.8. The van der Waals surface area contributed by atoms with Crippen LogP contribution < -0.4 is 0 Å². The van der Waals surface area contributed by atoms with Crippen LogP contribution in [0.2, 0.25) is 0 Å². The average Bonchev–Trinajstić information content (AvgIpc) is 3.57. The third kappa shape index (κ3) is 9.34. The first kappa shape index (κ1) is 41.9. The molecule has 6 rings (SSSR count). The molecule has 1 spiro atoms. The molecule has 0 aromatic heterocycles. The minimum Gasteiger partial charge on any atom is -0.386 e. The van der Waals surface area contributed by atoms with E-state index in [1.54, 1.807) is 14.2 Å². The van der Waals surface area contributed by atoms with Gasteiger partial charge in [0.1, 0.15) is 12.9 Å². The zero-order valence-electron chi connectivity index (χ0n) is 34.0. The second-order valence-electron chi connectivity index (χ2n) is 16.8. The third-order valence-corrected chi connectivity index (χ3v) is 12.8. The van der Waals surface area contributed by atoms with Crippen molar-refractivity contribution >= 4 is 0 Å². The molecule has 0 amide bonds. The maximum atomic E-state index is 11.1. The summed E-state index contributed by atoms with van der Waals surface area (Å²) in [6, 6.07) is -0.311. The Morgan fingerprint density at radius 1 is 1.04 bits per heavy atom. The van der Waals surface area contributed by atoms with Gasteiger partial charge in [0.25, 0.3) is 0 Å². The molecule has 0 aromatic carbocycles. The van der Waals surface area contributed by atoms with Gasteiger partial charge in [-0.2, -0.15) is 5.06 Å². The largest absolute Gasteiger partial charge is 0.386 e. The van der Waals surface area contributed by atoms with Gasteiger partial charge in [0.05, 0.1) is 62.0 Å². The highest BCUT2D eigenvalue weighted by atomic mass is 16.7. The van der Waals surface area contributed by atoms with Crippen molar-refractivity contribution < 1.29 is 48.2 Å². The molecule has 54 heavy (non-hydrogen) atoms. The van der Waals surface area contributed by atoms with Gasteiger partial charge < -0.3 is 48.2 Å². The number of hydrogen-bond donors (Lipinski definition) is 2. The van der Waals surface area contributed by atoms with Crippen molar-refractivity contribution in [3.8, 4) is 0 Å². The second kappa shape index (κ2) is 18.2. The summed E-state index contributed by atoms with van der Waals surface area (Å²) in [5, 5.41) is 22.6. The number of allylic oxidation sites excluding steroid dienone is 2. The Kier molecular flexibility index (Phi) is 14.1. The van der Waals surface area contributed by atoms with E-state index in [9.17, 15) is 10.3 Å². The first-order chi connectivity index (χ1) is 25.8. The van der Waals surface area contributed by atoms with Crippen molar-refractivity contribution in [1.29, 1.82) is 0 Å². The first-order valence-corrected chi connectivity index (χ1v) is 20.3. The number of methoxy groups -OCH3 is 1. The standard InChI is InChI=1S/C43H67NO10/c1-10-25(2)41-28(5)16-17-43(54-41)21-34-19-33(53-43)15-14-27(4)40(52-36-20-35(47-9)38(44(8)46)30(7)51-36)26(3)12-11-13-31-23-49-42-37(31)32(22-48-24-50-34)18-29(6)39(42)45/h11-14,16-18,25-26,28,30,32-42,45-46H,10,15,19-24H2,1-9H3/b12-11+,27-14+,31-13-/t25?,26-,28-,30-,32-,33+,34-,35-,36-,37?,38+,39+,40-,41+,42?,43+/m0/s1. The molecule has 11 nitrogen and oxygen atoms in total. The fraction of sp³-hybridized carbons (Fsp3) is 0.767. The van der Waals surface area contributed by atoms with Crippen LogP contribution in [0.1, 0.15) is 80.6 Å². The normalized spacial score (nSPS) is 46.7. The summed E-state index contributed by atoms with van der Waals surface area (Å²) in [4.78, 5) is 0. The highest BCUT2D eigenvalue weighted by Crippen LogP contribution is 2.43. The van der Waals surface area contributed by atoms with Crippen LogP contribution in [-0.2, 0) is 37.9 Å². The van der Waals surface area contributed by atoms with Crippen LogP contribution in [0.15, 0.2) is 59.3 Å². The molecule has 3 saturated heterocycles. The molecule has 3 unspecified atom stereocenters. The molecular formula is C43H67NO10. The number of rotatable bonds is 6. The summed E-state index contributed by atoms with van der Waals surface area (Å²) in [5.74, 6) is -0.206. The number of likely N-dealkylation sites (N-methyl/N-ethyl adjacent to an activating group) is 1. The molecule has 16 atom stereocenters. The summed E-state index contributed by atoms with van der Waals surface area (Å²) in [6.45, 7) is 15.9. The minimum atomic E-state index is -0.881. The van der Waals surface area contributed by atoms with E-state index in [-0.39, 0.29) is 79.2 Å². The number of fused-ring (bicyclic) bond motifs is 2. The quantitative estimate of drug-likeness (QED) is 0.228. The lowest BCUT2D eigenvalue weighted by atomic mass is 9.75. The van der Waals surface area contributed by atoms with Crippen molar-refractivity contribution in [2.75, 3.05) is 34.2 Å². The van der Waals surface area contributed by atoms with Crippen LogP contribution in [0.3, 0.4) is 0 Å². The molecule has 0 aromatic rings. The second-order valence-corrected chi connectivity index (χ2v) is 16.8. The zero-order valence-corrected chi connectivity index (χ0v) is 34.0. The summed E-state index contributed by atoms with van der Waals surface area (Å²) in [7, 11) is 3.29. The highest BCUT2D eigenvalue weighted by molar-refractivity contribution is 5.30. The molecular weight excluding hydrogens is 690 g/mol. The molecule has 2 bridgehead atoms. The lowest BCUT2D eigenvalue weighted by Gasteiger charge is -2.48. The fourth-order valence-corrected chi connectivity index (χ4v) is 9.60. The Balaban J connectivity index is 1.31. The SMILES string of the molecule is CCC(C)[C@H]1O[C@]2(C=C[C@@H]1C)C[C@@H]1C[C@@H](C/C=C(\C)[C@@H](O[C@H]3C[C@H](OC)[C@H](N(C)O)[C@H](C)O3)[C@@H](C)/C=C/C=C3/COC4C3[C@@H](C=C(C)[C@H]4O)COCO1)O2. The predicted molar refractivity (Wildman–Crippen MR) is 204 cm³/mol. The van der Waals surface area contributed by atoms with Crippen molar-refractivity contribution in [1.82, 2.24) is 5.06 Å². The monoisotopic (exact) mass is 757 g/mol. The van der Waals surface area contributed by atoms with Crippen LogP contribution in [0.25, 0.3) is 0 Å². The maximum absolute atomic E-state index is 11.1. The number of nitrogens with zero attached hydrogens (tertiary/aromatic N) is 1. The smallest absolute Gasteiger partial charge is 0.190 e. The van der Waals surface area contributed by atoms with Gasteiger partial charge in [0.15, 0.2) is 12.1 Å². The number of hydroxylamine groups is 2. The van der Waals surface area contributed by atoms with E-state index in [2.05, 4.69) is 77.2 Å². The lowest BCUT2D eigenvalue weighted by molar-refractivity contribution is -0.306. The number of aliphatic hydroxyl groups is 1. The topological polar surface area (TPSA) is 118 Å². The van der Waals surface area contributed by atoms with E-state index in [0.29, 0.717) is 44.8 Å². The molecule has 5 heterocycles. The Labute approximate surface area is 323 Å². The number of hydrogen-bond acceptors (Lipinski definition) is 11. The van der Waals surface area contributed by atoms with Gasteiger partial charge in [-0.15, -0.1) is 0 Å². The van der Waals surface area contributed by atoms with Crippen LogP contribution in [-0.4, -0.2) is 116 Å². The lowest BCUT2D eigenvalue weighted by Crippen LogP contribution is -2.55. The molecule has 0 saturated carbocycles. The van der Waals surface area contributed by atoms with Gasteiger partial charge >= 0.3 is 0 Å². The van der Waals surface area contributed by atoms with Crippen LogP contribution >= 0.6 is 0 Å². The van der Waals surface area contributed by atoms with E-state index < -0.39 is 18.2 Å². The van der Waals surface area contributed by atoms with Gasteiger partial charge in [-0.1, -0.05) is 70.6 Å². The van der Waals surface area contributed by atoms with E-state index in [4.69, 9.17) is 37.9 Å². The fourth-order valence-electron chi connectivity index (χ4n) is 9.60. The van der Waals surface area contributed by atoms with Crippen LogP contribution in [0, 0.1) is 29.6 Å². The average molecular weight is 758 g/mol. The van der Waals surface area contributed by atoms with Gasteiger partial charge in [0.2, 0.25) is 0 Å². The van der Waals surface area contributed by atoms with Gasteiger partial charge in [-0.05, 0) is 55.9 Å². The molecule has 3 fully saturated rings. The molecule has 1 aliphatic carbocycles. The number of ether oxygens (including phenoxy) is 8. The zero-order chi connectivity index (χ0) is 38.7. The Hall–Kier alpha value is -1.74. The van der Waals surface area contributed by atoms with E-state index in [1.165, 1.54) is 5.06 Å². The summed E-state index contributed by atoms with van der Waals surface area (Å²) in [6.07, 6.45) is 16.0. The van der Waals surface area contributed by atoms with Gasteiger partial charge in [0, 0.05) is 57.1 Å². The van der Waals surface area contributed by atoms with Crippen LogP contribution in [0.5, 0.6) is 0 Å². The molecule has 2 N–H and O–H groups in total.